The van der Waals surface area contributed by atoms with Crippen molar-refractivity contribution in [3.63, 3.8) is 0 Å². The molecule has 0 fully saturated rings. The van der Waals surface area contributed by atoms with Crippen LogP contribution in [0.1, 0.15) is 43.2 Å². The van der Waals surface area contributed by atoms with E-state index in [0.29, 0.717) is 24.0 Å². The molecule has 3 aromatic rings. The molecule has 0 spiro atoms. The molecule has 2 aromatic heterocycles. The molecule has 0 atom stereocenters. The average Bonchev–Trinajstić information content (AvgIpc) is 3.09. The standard InChI is InChI=1S/C20H24N4O2/c1-14-6-5-7-18(20(2,3)4)17(14)12-26-16-8-21-19(22-9-16)24-10-15(11-25)23-13-24/h5-10,13,25H,11-12H2,1-4H3. The van der Waals surface area contributed by atoms with Crippen LogP contribution < -0.4 is 4.74 Å². The SMILES string of the molecule is Cc1cccc(C(C)(C)C)c1COc1cnc(-n2cnc(CO)c2)nc1. The molecule has 0 aliphatic carbocycles. The smallest absolute Gasteiger partial charge is 0.235 e. The molecule has 0 bridgehead atoms. The van der Waals surface area contributed by atoms with Crippen molar-refractivity contribution in [1.82, 2.24) is 19.5 Å². The number of hydrogen-bond donors (Lipinski definition) is 1. The summed E-state index contributed by atoms with van der Waals surface area (Å²) < 4.78 is 7.60. The first-order valence-electron chi connectivity index (χ1n) is 8.56. The number of aromatic nitrogens is 4. The van der Waals surface area contributed by atoms with Crippen LogP contribution in [0.2, 0.25) is 0 Å². The third-order valence-corrected chi connectivity index (χ3v) is 4.24. The molecule has 1 N–H and O–H groups in total. The molecule has 6 nitrogen and oxygen atoms in total. The van der Waals surface area contributed by atoms with Gasteiger partial charge in [0.25, 0.3) is 0 Å². The predicted octanol–water partition coefficient (Wildman–Crippen LogP) is 3.34. The highest BCUT2D eigenvalue weighted by atomic mass is 16.5. The molecule has 26 heavy (non-hydrogen) atoms. The van der Waals surface area contributed by atoms with Gasteiger partial charge in [-0.3, -0.25) is 4.57 Å². The van der Waals surface area contributed by atoms with E-state index in [0.717, 1.165) is 0 Å². The highest BCUT2D eigenvalue weighted by molar-refractivity contribution is 5.38. The van der Waals surface area contributed by atoms with Crippen molar-refractivity contribution in [3.8, 4) is 11.7 Å². The summed E-state index contributed by atoms with van der Waals surface area (Å²) in [5.74, 6) is 1.09. The van der Waals surface area contributed by atoms with Crippen LogP contribution in [0.4, 0.5) is 0 Å². The molecule has 0 radical (unpaired) electrons. The Morgan fingerprint density at radius 3 is 2.46 bits per heavy atom. The quantitative estimate of drug-likeness (QED) is 0.762. The molecule has 0 unspecified atom stereocenters. The predicted molar refractivity (Wildman–Crippen MR) is 99.3 cm³/mol. The van der Waals surface area contributed by atoms with Crippen LogP contribution in [0.5, 0.6) is 5.75 Å². The van der Waals surface area contributed by atoms with Crippen molar-refractivity contribution in [3.05, 3.63) is 65.5 Å². The Morgan fingerprint density at radius 2 is 1.85 bits per heavy atom. The van der Waals surface area contributed by atoms with Gasteiger partial charge in [-0.25, -0.2) is 15.0 Å². The lowest BCUT2D eigenvalue weighted by Crippen LogP contribution is -2.16. The Hall–Kier alpha value is -2.73. The van der Waals surface area contributed by atoms with E-state index < -0.39 is 0 Å². The van der Waals surface area contributed by atoms with Gasteiger partial charge in [-0.15, -0.1) is 0 Å². The maximum absolute atomic E-state index is 9.09. The number of imidazole rings is 1. The first-order valence-corrected chi connectivity index (χ1v) is 8.56. The molecule has 136 valence electrons. The fraction of sp³-hybridized carbons (Fsp3) is 0.350. The van der Waals surface area contributed by atoms with Crippen LogP contribution in [-0.2, 0) is 18.6 Å². The summed E-state index contributed by atoms with van der Waals surface area (Å²) in [4.78, 5) is 12.7. The monoisotopic (exact) mass is 352 g/mol. The minimum absolute atomic E-state index is 0.0525. The van der Waals surface area contributed by atoms with Crippen LogP contribution in [0.3, 0.4) is 0 Å². The van der Waals surface area contributed by atoms with Gasteiger partial charge < -0.3 is 9.84 Å². The molecular weight excluding hydrogens is 328 g/mol. The van der Waals surface area contributed by atoms with Crippen molar-refractivity contribution in [1.29, 1.82) is 0 Å². The molecule has 2 heterocycles. The van der Waals surface area contributed by atoms with Crippen molar-refractivity contribution in [2.75, 3.05) is 0 Å². The van der Waals surface area contributed by atoms with Crippen LogP contribution in [0.25, 0.3) is 5.95 Å². The second-order valence-electron chi connectivity index (χ2n) is 7.29. The zero-order chi connectivity index (χ0) is 18.7. The normalized spacial score (nSPS) is 11.6. The second-order valence-corrected chi connectivity index (χ2v) is 7.29. The minimum Gasteiger partial charge on any atom is -0.486 e. The van der Waals surface area contributed by atoms with Gasteiger partial charge in [-0.2, -0.15) is 0 Å². The van der Waals surface area contributed by atoms with Crippen LogP contribution >= 0.6 is 0 Å². The molecule has 3 rings (SSSR count). The lowest BCUT2D eigenvalue weighted by atomic mass is 9.82. The van der Waals surface area contributed by atoms with E-state index in [4.69, 9.17) is 9.84 Å². The van der Waals surface area contributed by atoms with Gasteiger partial charge in [0.1, 0.15) is 12.9 Å². The second kappa shape index (κ2) is 7.25. The number of rotatable bonds is 5. The lowest BCUT2D eigenvalue weighted by Gasteiger charge is -2.24. The van der Waals surface area contributed by atoms with Crippen molar-refractivity contribution < 1.29 is 9.84 Å². The van der Waals surface area contributed by atoms with Gasteiger partial charge in [0.15, 0.2) is 5.75 Å². The third kappa shape index (κ3) is 3.91. The Morgan fingerprint density at radius 1 is 1.12 bits per heavy atom. The molecule has 0 aliphatic heterocycles. The average molecular weight is 352 g/mol. The van der Waals surface area contributed by atoms with Gasteiger partial charge in [-0.1, -0.05) is 39.0 Å². The fourth-order valence-corrected chi connectivity index (χ4v) is 2.82. The highest BCUT2D eigenvalue weighted by Crippen LogP contribution is 2.28. The number of aliphatic hydroxyl groups excluding tert-OH is 1. The molecular formula is C20H24N4O2. The molecule has 0 saturated carbocycles. The zero-order valence-corrected chi connectivity index (χ0v) is 15.6. The number of benzene rings is 1. The molecule has 0 aliphatic rings. The summed E-state index contributed by atoms with van der Waals surface area (Å²) in [6.45, 7) is 9.08. The van der Waals surface area contributed by atoms with Crippen LogP contribution in [0, 0.1) is 6.92 Å². The zero-order valence-electron chi connectivity index (χ0n) is 15.6. The van der Waals surface area contributed by atoms with Crippen molar-refractivity contribution >= 4 is 0 Å². The maximum Gasteiger partial charge on any atom is 0.235 e. The van der Waals surface area contributed by atoms with Gasteiger partial charge >= 0.3 is 0 Å². The Bertz CT molecular complexity index is 880. The number of aryl methyl sites for hydroxylation is 1. The summed E-state index contributed by atoms with van der Waals surface area (Å²) in [5.41, 5.74) is 4.32. The largest absolute Gasteiger partial charge is 0.486 e. The molecule has 0 amide bonds. The third-order valence-electron chi connectivity index (χ3n) is 4.24. The summed E-state index contributed by atoms with van der Waals surface area (Å²) in [6, 6.07) is 6.34. The summed E-state index contributed by atoms with van der Waals surface area (Å²) >= 11 is 0. The van der Waals surface area contributed by atoms with E-state index in [2.05, 4.69) is 60.8 Å². The van der Waals surface area contributed by atoms with Gasteiger partial charge in [-0.05, 0) is 29.0 Å². The number of ether oxygens (including phenoxy) is 1. The van der Waals surface area contributed by atoms with Gasteiger partial charge in [0.2, 0.25) is 5.95 Å². The first-order chi connectivity index (χ1) is 12.4. The number of aliphatic hydroxyl groups is 1. The van der Waals surface area contributed by atoms with Crippen LogP contribution in [-0.4, -0.2) is 24.6 Å². The lowest BCUT2D eigenvalue weighted by molar-refractivity contribution is 0.277. The fourth-order valence-electron chi connectivity index (χ4n) is 2.82. The number of hydrogen-bond acceptors (Lipinski definition) is 5. The maximum atomic E-state index is 9.09. The highest BCUT2D eigenvalue weighted by Gasteiger charge is 2.19. The molecule has 1 aromatic carbocycles. The summed E-state index contributed by atoms with van der Waals surface area (Å²) in [6.07, 6.45) is 6.56. The van der Waals surface area contributed by atoms with E-state index in [-0.39, 0.29) is 12.0 Å². The Balaban J connectivity index is 1.75. The summed E-state index contributed by atoms with van der Waals surface area (Å²) in [5, 5.41) is 9.09. The first kappa shape index (κ1) is 18.1. The van der Waals surface area contributed by atoms with Gasteiger partial charge in [0, 0.05) is 6.20 Å². The Kier molecular flexibility index (Phi) is 5.04. The van der Waals surface area contributed by atoms with E-state index in [1.807, 2.05) is 0 Å². The van der Waals surface area contributed by atoms with E-state index in [1.165, 1.54) is 16.7 Å². The van der Waals surface area contributed by atoms with Crippen molar-refractivity contribution in [2.45, 2.75) is 46.3 Å². The Labute approximate surface area is 153 Å². The summed E-state index contributed by atoms with van der Waals surface area (Å²) in [7, 11) is 0. The molecule has 6 heteroatoms. The topological polar surface area (TPSA) is 73.1 Å². The number of nitrogens with zero attached hydrogens (tertiary/aromatic N) is 4. The van der Waals surface area contributed by atoms with Crippen LogP contribution in [0.15, 0.2) is 43.1 Å². The van der Waals surface area contributed by atoms with Crippen molar-refractivity contribution in [2.24, 2.45) is 0 Å². The molecule has 0 saturated heterocycles. The minimum atomic E-state index is -0.110. The van der Waals surface area contributed by atoms with E-state index in [9.17, 15) is 0 Å². The van der Waals surface area contributed by atoms with E-state index in [1.54, 1.807) is 29.5 Å². The van der Waals surface area contributed by atoms with E-state index >= 15 is 0 Å². The van der Waals surface area contributed by atoms with Gasteiger partial charge in [0.05, 0.1) is 24.7 Å².